The van der Waals surface area contributed by atoms with Crippen LogP contribution in [0.2, 0.25) is 0 Å². The average Bonchev–Trinajstić information content (AvgIpc) is 2.17. The Labute approximate surface area is 101 Å². The summed E-state index contributed by atoms with van der Waals surface area (Å²) < 4.78 is 26.5. The van der Waals surface area contributed by atoms with Crippen LogP contribution >= 0.6 is 22.6 Å². The summed E-state index contributed by atoms with van der Waals surface area (Å²) >= 11 is 2.07. The lowest BCUT2D eigenvalue weighted by molar-refractivity contribution is 0.0861. The van der Waals surface area contributed by atoms with Crippen molar-refractivity contribution < 1.29 is 13.6 Å². The summed E-state index contributed by atoms with van der Waals surface area (Å²) in [7, 11) is 0. The van der Waals surface area contributed by atoms with Gasteiger partial charge in [-0.05, 0) is 12.1 Å². The van der Waals surface area contributed by atoms with E-state index in [0.717, 1.165) is 12.1 Å². The first-order valence-corrected chi connectivity index (χ1v) is 5.97. The SMILES string of the molecule is CC(C)(CI)C(=O)c1ccc(F)cc1F. The van der Waals surface area contributed by atoms with E-state index in [-0.39, 0.29) is 11.3 Å². The lowest BCUT2D eigenvalue weighted by atomic mass is 9.86. The number of carbonyl (C=O) groups is 1. The van der Waals surface area contributed by atoms with Crippen molar-refractivity contribution in [3.8, 4) is 0 Å². The number of hydrogen-bond acceptors (Lipinski definition) is 1. The highest BCUT2D eigenvalue weighted by Crippen LogP contribution is 2.25. The third-order valence-corrected chi connectivity index (χ3v) is 4.03. The molecule has 1 rings (SSSR count). The molecule has 0 radical (unpaired) electrons. The first-order chi connectivity index (χ1) is 6.88. The van der Waals surface area contributed by atoms with Gasteiger partial charge in [0.1, 0.15) is 11.6 Å². The molecule has 0 spiro atoms. The van der Waals surface area contributed by atoms with Gasteiger partial charge in [0.25, 0.3) is 0 Å². The predicted octanol–water partition coefficient (Wildman–Crippen LogP) is 3.61. The molecule has 0 fully saturated rings. The molecule has 0 aliphatic rings. The van der Waals surface area contributed by atoms with E-state index in [2.05, 4.69) is 22.6 Å². The van der Waals surface area contributed by atoms with Crippen LogP contribution in [0.5, 0.6) is 0 Å². The van der Waals surface area contributed by atoms with Crippen LogP contribution in [0.15, 0.2) is 18.2 Å². The van der Waals surface area contributed by atoms with Crippen molar-refractivity contribution in [1.29, 1.82) is 0 Å². The Kier molecular flexibility index (Phi) is 3.81. The molecule has 0 aliphatic carbocycles. The van der Waals surface area contributed by atoms with Gasteiger partial charge in [-0.25, -0.2) is 8.78 Å². The summed E-state index contributed by atoms with van der Waals surface area (Å²) in [5.74, 6) is -1.76. The highest BCUT2D eigenvalue weighted by molar-refractivity contribution is 14.1. The molecule has 0 amide bonds. The topological polar surface area (TPSA) is 17.1 Å². The largest absolute Gasteiger partial charge is 0.293 e. The normalized spacial score (nSPS) is 11.5. The Hall–Kier alpha value is -0.520. The minimum Gasteiger partial charge on any atom is -0.293 e. The molecule has 15 heavy (non-hydrogen) atoms. The van der Waals surface area contributed by atoms with E-state index in [1.165, 1.54) is 6.07 Å². The molecule has 1 aromatic carbocycles. The summed E-state index contributed by atoms with van der Waals surface area (Å²) in [5.41, 5.74) is -0.669. The second kappa shape index (κ2) is 4.55. The Morgan fingerprint density at radius 3 is 2.47 bits per heavy atom. The molecule has 1 aromatic rings. The molecular weight excluding hydrogens is 313 g/mol. The Balaban J connectivity index is 3.12. The number of Topliss-reactive ketones (excluding diaryl/α,β-unsaturated/α-hetero) is 1. The second-order valence-corrected chi connectivity index (χ2v) is 4.73. The highest BCUT2D eigenvalue weighted by atomic mass is 127. The summed E-state index contributed by atoms with van der Waals surface area (Å²) in [6.07, 6.45) is 0. The second-order valence-electron chi connectivity index (χ2n) is 3.97. The molecule has 4 heteroatoms. The zero-order valence-corrected chi connectivity index (χ0v) is 10.6. The number of ketones is 1. The van der Waals surface area contributed by atoms with Crippen molar-refractivity contribution in [3.05, 3.63) is 35.4 Å². The Morgan fingerprint density at radius 2 is 2.00 bits per heavy atom. The highest BCUT2D eigenvalue weighted by Gasteiger charge is 2.29. The standard InChI is InChI=1S/C11H11F2IO/c1-11(2,6-14)10(15)8-4-3-7(12)5-9(8)13/h3-5H,6H2,1-2H3. The molecule has 0 saturated heterocycles. The van der Waals surface area contributed by atoms with Gasteiger partial charge in [0.05, 0.1) is 5.56 Å². The van der Waals surface area contributed by atoms with Crippen LogP contribution in [0, 0.1) is 17.0 Å². The molecule has 0 N–H and O–H groups in total. The summed E-state index contributed by atoms with van der Waals surface area (Å²) in [4.78, 5) is 11.9. The van der Waals surface area contributed by atoms with Gasteiger partial charge in [0.2, 0.25) is 0 Å². The third-order valence-electron chi connectivity index (χ3n) is 2.12. The van der Waals surface area contributed by atoms with Crippen LogP contribution in [0.1, 0.15) is 24.2 Å². The fourth-order valence-electron chi connectivity index (χ4n) is 1.10. The zero-order valence-electron chi connectivity index (χ0n) is 8.48. The van der Waals surface area contributed by atoms with Crippen LogP contribution in [0.25, 0.3) is 0 Å². The third kappa shape index (κ3) is 2.74. The minimum absolute atomic E-state index is 0.0435. The maximum atomic E-state index is 13.3. The molecule has 0 unspecified atom stereocenters. The molecular formula is C11H11F2IO. The number of carbonyl (C=O) groups excluding carboxylic acids is 1. The van der Waals surface area contributed by atoms with E-state index in [1.54, 1.807) is 13.8 Å². The van der Waals surface area contributed by atoms with Crippen molar-refractivity contribution in [2.75, 3.05) is 4.43 Å². The van der Waals surface area contributed by atoms with Gasteiger partial charge in [0, 0.05) is 15.9 Å². The van der Waals surface area contributed by atoms with Gasteiger partial charge in [0.15, 0.2) is 5.78 Å². The molecule has 0 bridgehead atoms. The fraction of sp³-hybridized carbons (Fsp3) is 0.364. The molecule has 0 atom stereocenters. The monoisotopic (exact) mass is 324 g/mol. The van der Waals surface area contributed by atoms with Gasteiger partial charge in [-0.2, -0.15) is 0 Å². The fourth-order valence-corrected chi connectivity index (χ4v) is 1.45. The molecule has 0 heterocycles. The summed E-state index contributed by atoms with van der Waals surface area (Å²) in [5, 5.41) is 0. The summed E-state index contributed by atoms with van der Waals surface area (Å²) in [6, 6.07) is 3.02. The van der Waals surface area contributed by atoms with E-state index >= 15 is 0 Å². The van der Waals surface area contributed by atoms with Crippen molar-refractivity contribution in [2.24, 2.45) is 5.41 Å². The van der Waals surface area contributed by atoms with Gasteiger partial charge in [-0.3, -0.25) is 4.79 Å². The predicted molar refractivity (Wildman–Crippen MR) is 63.4 cm³/mol. The lowest BCUT2D eigenvalue weighted by Crippen LogP contribution is -2.26. The first kappa shape index (κ1) is 12.5. The van der Waals surface area contributed by atoms with Crippen LogP contribution in [-0.2, 0) is 0 Å². The Morgan fingerprint density at radius 1 is 1.40 bits per heavy atom. The minimum atomic E-state index is -0.794. The number of alkyl halides is 1. The van der Waals surface area contributed by atoms with Gasteiger partial charge in [-0.1, -0.05) is 36.4 Å². The van der Waals surface area contributed by atoms with Gasteiger partial charge in [-0.15, -0.1) is 0 Å². The van der Waals surface area contributed by atoms with Gasteiger partial charge < -0.3 is 0 Å². The molecule has 0 aromatic heterocycles. The van der Waals surface area contributed by atoms with Crippen molar-refractivity contribution in [1.82, 2.24) is 0 Å². The van der Waals surface area contributed by atoms with E-state index in [4.69, 9.17) is 0 Å². The van der Waals surface area contributed by atoms with Crippen molar-refractivity contribution in [3.63, 3.8) is 0 Å². The number of halogens is 3. The molecule has 1 nitrogen and oxygen atoms in total. The molecule has 0 saturated carbocycles. The average molecular weight is 324 g/mol. The first-order valence-electron chi connectivity index (χ1n) is 4.44. The summed E-state index contributed by atoms with van der Waals surface area (Å²) in [6.45, 7) is 3.48. The maximum Gasteiger partial charge on any atom is 0.172 e. The van der Waals surface area contributed by atoms with Crippen molar-refractivity contribution in [2.45, 2.75) is 13.8 Å². The quantitative estimate of drug-likeness (QED) is 0.472. The smallest absolute Gasteiger partial charge is 0.172 e. The van der Waals surface area contributed by atoms with E-state index in [9.17, 15) is 13.6 Å². The van der Waals surface area contributed by atoms with Gasteiger partial charge >= 0.3 is 0 Å². The molecule has 82 valence electrons. The van der Waals surface area contributed by atoms with Crippen LogP contribution < -0.4 is 0 Å². The number of hydrogen-bond donors (Lipinski definition) is 0. The lowest BCUT2D eigenvalue weighted by Gasteiger charge is -2.20. The zero-order chi connectivity index (χ0) is 11.6. The van der Waals surface area contributed by atoms with E-state index in [1.807, 2.05) is 0 Å². The van der Waals surface area contributed by atoms with Crippen LogP contribution in [-0.4, -0.2) is 10.2 Å². The van der Waals surface area contributed by atoms with Crippen LogP contribution in [0.4, 0.5) is 8.78 Å². The number of benzene rings is 1. The van der Waals surface area contributed by atoms with E-state index in [0.29, 0.717) is 4.43 Å². The Bertz CT molecular complexity index is 388. The van der Waals surface area contributed by atoms with E-state index < -0.39 is 17.0 Å². The van der Waals surface area contributed by atoms with Crippen LogP contribution in [0.3, 0.4) is 0 Å². The maximum absolute atomic E-state index is 13.3. The van der Waals surface area contributed by atoms with Crippen molar-refractivity contribution >= 4 is 28.4 Å². The number of rotatable bonds is 3. The molecule has 0 aliphatic heterocycles.